The van der Waals surface area contributed by atoms with E-state index in [2.05, 4.69) is 40.6 Å². The molecule has 0 fully saturated rings. The Kier molecular flexibility index (Phi) is 7.51. The van der Waals surface area contributed by atoms with Crippen molar-refractivity contribution in [1.29, 1.82) is 0 Å². The number of pyridine rings is 1. The molecule has 212 valence electrons. The first-order chi connectivity index (χ1) is 20.3. The fraction of sp³-hybridized carbons (Fsp3) is 0.161. The number of nitrogens with two attached hydrogens (primary N) is 1. The Balaban J connectivity index is 1.47. The van der Waals surface area contributed by atoms with E-state index >= 15 is 0 Å². The number of rotatable bonds is 8. The molecule has 3 aromatic heterocycles. The van der Waals surface area contributed by atoms with Gasteiger partial charge in [0.05, 0.1) is 10.3 Å². The molecule has 6 aromatic rings. The van der Waals surface area contributed by atoms with Crippen LogP contribution < -0.4 is 27.0 Å². The highest BCUT2D eigenvalue weighted by atomic mass is 35.5. The molecule has 9 nitrogen and oxygen atoms in total. The smallest absolute Gasteiger partial charge is 0.332 e. The minimum absolute atomic E-state index is 0.106. The Morgan fingerprint density at radius 3 is 2.57 bits per heavy atom. The van der Waals surface area contributed by atoms with E-state index in [0.717, 1.165) is 25.8 Å². The summed E-state index contributed by atoms with van der Waals surface area (Å²) in [4.78, 5) is 36.2. The zero-order chi connectivity index (χ0) is 29.4. The van der Waals surface area contributed by atoms with Crippen LogP contribution >= 0.6 is 22.9 Å². The summed E-state index contributed by atoms with van der Waals surface area (Å²) in [5.41, 5.74) is 8.73. The van der Waals surface area contributed by atoms with E-state index in [0.29, 0.717) is 51.3 Å². The second-order valence-corrected chi connectivity index (χ2v) is 11.6. The zero-order valence-electron chi connectivity index (χ0n) is 22.9. The lowest BCUT2D eigenvalue weighted by Crippen LogP contribution is -2.38. The number of anilines is 1. The van der Waals surface area contributed by atoms with Crippen LogP contribution in [0.1, 0.15) is 16.0 Å². The van der Waals surface area contributed by atoms with Crippen molar-refractivity contribution >= 4 is 50.6 Å². The number of nitrogens with zero attached hydrogens (tertiary/aromatic N) is 4. The van der Waals surface area contributed by atoms with Gasteiger partial charge in [0, 0.05) is 44.5 Å². The van der Waals surface area contributed by atoms with Crippen LogP contribution in [0.3, 0.4) is 0 Å². The van der Waals surface area contributed by atoms with Crippen molar-refractivity contribution in [3.63, 3.8) is 0 Å². The van der Waals surface area contributed by atoms with Crippen LogP contribution in [0.25, 0.3) is 32.9 Å². The van der Waals surface area contributed by atoms with Gasteiger partial charge in [0.15, 0.2) is 10.1 Å². The number of benzene rings is 3. The third kappa shape index (κ3) is 5.16. The molecule has 11 heteroatoms. The van der Waals surface area contributed by atoms with Crippen LogP contribution in [0.4, 0.5) is 5.82 Å². The van der Waals surface area contributed by atoms with Crippen LogP contribution in [0.2, 0.25) is 4.47 Å². The third-order valence-electron chi connectivity index (χ3n) is 7.20. The molecule has 0 saturated carbocycles. The maximum Gasteiger partial charge on any atom is 0.332 e. The highest BCUT2D eigenvalue weighted by molar-refractivity contribution is 7.15. The van der Waals surface area contributed by atoms with Crippen molar-refractivity contribution in [2.24, 2.45) is 19.8 Å². The molecule has 3 aromatic carbocycles. The number of nitrogens with one attached hydrogen (secondary N) is 1. The maximum atomic E-state index is 13.6. The molecule has 3 heterocycles. The fourth-order valence-corrected chi connectivity index (χ4v) is 5.96. The molecule has 42 heavy (non-hydrogen) atoms. The largest absolute Gasteiger partial charge is 0.488 e. The average molecular weight is 599 g/mol. The second kappa shape index (κ2) is 11.4. The predicted molar refractivity (Wildman–Crippen MR) is 168 cm³/mol. The van der Waals surface area contributed by atoms with E-state index in [4.69, 9.17) is 27.1 Å². The SMILES string of the molecule is Cn1c(=O)c2c(-c3cccc(OCc4cnc(Cl)s4)c3)c(CN)c(NCc3ccc4ccccc4c3)nc2n(C)c1=O. The molecule has 0 unspecified atom stereocenters. The molecule has 0 aliphatic heterocycles. The molecule has 0 amide bonds. The Labute approximate surface area is 249 Å². The van der Waals surface area contributed by atoms with Gasteiger partial charge in [-0.2, -0.15) is 0 Å². The lowest BCUT2D eigenvalue weighted by molar-refractivity contribution is 0.309. The first-order valence-electron chi connectivity index (χ1n) is 13.2. The molecular weight excluding hydrogens is 572 g/mol. The molecule has 3 N–H and O–H groups in total. The summed E-state index contributed by atoms with van der Waals surface area (Å²) in [6.45, 7) is 0.868. The van der Waals surface area contributed by atoms with Crippen LogP contribution in [-0.2, 0) is 33.8 Å². The summed E-state index contributed by atoms with van der Waals surface area (Å²) in [6.07, 6.45) is 1.68. The highest BCUT2D eigenvalue weighted by Crippen LogP contribution is 2.35. The maximum absolute atomic E-state index is 13.6. The molecule has 0 atom stereocenters. The summed E-state index contributed by atoms with van der Waals surface area (Å²) in [5.74, 6) is 1.10. The number of thiazole rings is 1. The fourth-order valence-electron chi connectivity index (χ4n) is 5.07. The van der Waals surface area contributed by atoms with Gasteiger partial charge in [-0.05, 0) is 40.1 Å². The average Bonchev–Trinajstić information content (AvgIpc) is 3.44. The van der Waals surface area contributed by atoms with E-state index in [9.17, 15) is 9.59 Å². The van der Waals surface area contributed by atoms with Gasteiger partial charge in [0.25, 0.3) is 5.56 Å². The summed E-state index contributed by atoms with van der Waals surface area (Å²) >= 11 is 7.31. The molecule has 0 aliphatic carbocycles. The van der Waals surface area contributed by atoms with E-state index in [1.54, 1.807) is 13.2 Å². The minimum Gasteiger partial charge on any atom is -0.488 e. The van der Waals surface area contributed by atoms with Gasteiger partial charge in [0.2, 0.25) is 0 Å². The second-order valence-electron chi connectivity index (χ2n) is 9.85. The number of aryl methyl sites for hydroxylation is 1. The van der Waals surface area contributed by atoms with Crippen molar-refractivity contribution in [2.45, 2.75) is 19.7 Å². The van der Waals surface area contributed by atoms with Gasteiger partial charge < -0.3 is 15.8 Å². The molecule has 0 aliphatic rings. The van der Waals surface area contributed by atoms with E-state index < -0.39 is 11.2 Å². The number of hydrogen-bond acceptors (Lipinski definition) is 8. The number of hydrogen-bond donors (Lipinski definition) is 2. The summed E-state index contributed by atoms with van der Waals surface area (Å²) in [5, 5.41) is 6.02. The van der Waals surface area contributed by atoms with E-state index in [1.807, 2.05) is 36.4 Å². The Morgan fingerprint density at radius 2 is 1.81 bits per heavy atom. The highest BCUT2D eigenvalue weighted by Gasteiger charge is 2.22. The third-order valence-corrected chi connectivity index (χ3v) is 8.28. The summed E-state index contributed by atoms with van der Waals surface area (Å²) in [6, 6.07) is 21.9. The van der Waals surface area contributed by atoms with Crippen LogP contribution in [-0.4, -0.2) is 19.1 Å². The van der Waals surface area contributed by atoms with Crippen LogP contribution in [0.15, 0.2) is 82.5 Å². The van der Waals surface area contributed by atoms with Crippen molar-refractivity contribution in [3.8, 4) is 16.9 Å². The number of halogens is 1. The molecule has 0 bridgehead atoms. The Bertz CT molecular complexity index is 2080. The van der Waals surface area contributed by atoms with E-state index in [-0.39, 0.29) is 12.2 Å². The first-order valence-corrected chi connectivity index (χ1v) is 14.4. The van der Waals surface area contributed by atoms with Gasteiger partial charge >= 0.3 is 5.69 Å². The predicted octanol–water partition coefficient (Wildman–Crippen LogP) is 5.21. The Morgan fingerprint density at radius 1 is 1.00 bits per heavy atom. The van der Waals surface area contributed by atoms with Crippen molar-refractivity contribution < 1.29 is 4.74 Å². The van der Waals surface area contributed by atoms with Crippen LogP contribution in [0.5, 0.6) is 5.75 Å². The molecule has 6 rings (SSSR count). The Hall–Kier alpha value is -4.51. The van der Waals surface area contributed by atoms with Gasteiger partial charge in [-0.15, -0.1) is 11.3 Å². The molecule has 0 spiro atoms. The first kappa shape index (κ1) is 27.6. The van der Waals surface area contributed by atoms with Gasteiger partial charge in [0.1, 0.15) is 18.2 Å². The number of ether oxygens (including phenoxy) is 1. The monoisotopic (exact) mass is 598 g/mol. The number of fused-ring (bicyclic) bond motifs is 2. The van der Waals surface area contributed by atoms with Gasteiger partial charge in [-0.25, -0.2) is 14.8 Å². The summed E-state index contributed by atoms with van der Waals surface area (Å²) in [7, 11) is 3.07. The summed E-state index contributed by atoms with van der Waals surface area (Å²) < 4.78 is 8.95. The normalized spacial score (nSPS) is 11.3. The van der Waals surface area contributed by atoms with Crippen LogP contribution in [0, 0.1) is 0 Å². The molecular formula is C31H27ClN6O3S. The lowest BCUT2D eigenvalue weighted by atomic mass is 9.96. The quantitative estimate of drug-likeness (QED) is 0.247. The number of aromatic nitrogens is 4. The molecule has 0 radical (unpaired) electrons. The minimum atomic E-state index is -0.466. The van der Waals surface area contributed by atoms with Crippen molar-refractivity contribution in [3.05, 3.63) is 114 Å². The van der Waals surface area contributed by atoms with E-state index in [1.165, 1.54) is 23.0 Å². The standard InChI is InChI=1S/C31H27ClN6O3S/c1-37-28-26(29(39)38(2)31(37)40)25(21-8-5-9-22(13-21)41-17-23-16-35-30(32)42-23)24(14-33)27(36-28)34-15-18-10-11-19-6-3-4-7-20(19)12-18/h3-13,16H,14-15,17,33H2,1-2H3,(H,34,36). The van der Waals surface area contributed by atoms with Gasteiger partial charge in [-0.3, -0.25) is 13.9 Å². The van der Waals surface area contributed by atoms with Gasteiger partial charge in [-0.1, -0.05) is 60.1 Å². The zero-order valence-corrected chi connectivity index (χ0v) is 24.5. The topological polar surface area (TPSA) is 117 Å². The van der Waals surface area contributed by atoms with Crippen molar-refractivity contribution in [1.82, 2.24) is 19.1 Å². The lowest BCUT2D eigenvalue weighted by Gasteiger charge is -2.19. The van der Waals surface area contributed by atoms with Crippen molar-refractivity contribution in [2.75, 3.05) is 5.32 Å². The molecule has 0 saturated heterocycles.